The first kappa shape index (κ1) is 16.5. The maximum absolute atomic E-state index is 11.5. The van der Waals surface area contributed by atoms with Crippen LogP contribution in [-0.4, -0.2) is 5.91 Å². The Hall–Kier alpha value is -1.57. The van der Waals surface area contributed by atoms with E-state index in [1.165, 1.54) is 5.56 Å². The number of carbonyl (C=O) groups excluding carboxylic acids is 1. The number of hydrogen-bond acceptors (Lipinski definition) is 1. The van der Waals surface area contributed by atoms with Crippen LogP contribution in [0, 0.1) is 5.92 Å². The zero-order chi connectivity index (χ0) is 15.0. The zero-order valence-electron chi connectivity index (χ0n) is 12.8. The topological polar surface area (TPSA) is 43.1 Å². The number of rotatable bonds is 9. The standard InChI is InChI=1S/C18H27NO/c1-4-6-13-17(15-11-8-7-9-12-15)16(10-5-2)14(3)18(19)20/h7-9,11-12,16-17H,3-6,10,13H2,1-2H3,(H2,19,20). The highest BCUT2D eigenvalue weighted by molar-refractivity contribution is 5.91. The molecule has 2 N–H and O–H groups in total. The van der Waals surface area contributed by atoms with Crippen molar-refractivity contribution < 1.29 is 4.79 Å². The minimum atomic E-state index is -0.360. The molecule has 1 rings (SSSR count). The van der Waals surface area contributed by atoms with Crippen LogP contribution in [0.4, 0.5) is 0 Å². The molecule has 0 saturated heterocycles. The molecule has 2 unspecified atom stereocenters. The first-order valence-corrected chi connectivity index (χ1v) is 7.65. The van der Waals surface area contributed by atoms with Crippen molar-refractivity contribution in [1.82, 2.24) is 0 Å². The van der Waals surface area contributed by atoms with Gasteiger partial charge in [-0.15, -0.1) is 0 Å². The van der Waals surface area contributed by atoms with Crippen LogP contribution in [0.1, 0.15) is 57.4 Å². The van der Waals surface area contributed by atoms with Crippen LogP contribution in [0.5, 0.6) is 0 Å². The summed E-state index contributed by atoms with van der Waals surface area (Å²) in [5, 5.41) is 0. The van der Waals surface area contributed by atoms with Crippen LogP contribution in [-0.2, 0) is 4.79 Å². The van der Waals surface area contributed by atoms with E-state index in [-0.39, 0.29) is 11.8 Å². The third-order valence-corrected chi connectivity index (χ3v) is 3.95. The Bertz CT molecular complexity index is 424. The minimum absolute atomic E-state index is 0.159. The molecule has 0 bridgehead atoms. The Morgan fingerprint density at radius 1 is 1.15 bits per heavy atom. The number of primary amides is 1. The van der Waals surface area contributed by atoms with Gasteiger partial charge in [0.25, 0.3) is 0 Å². The normalized spacial score (nSPS) is 13.7. The Morgan fingerprint density at radius 2 is 1.80 bits per heavy atom. The van der Waals surface area contributed by atoms with Crippen molar-refractivity contribution in [1.29, 1.82) is 0 Å². The molecule has 0 spiro atoms. The van der Waals surface area contributed by atoms with Gasteiger partial charge in [-0.3, -0.25) is 4.79 Å². The van der Waals surface area contributed by atoms with Crippen LogP contribution in [0.3, 0.4) is 0 Å². The van der Waals surface area contributed by atoms with Crippen LogP contribution in [0.25, 0.3) is 0 Å². The number of carbonyl (C=O) groups is 1. The predicted octanol–water partition coefficient (Wildman–Crippen LogP) is 4.42. The smallest absolute Gasteiger partial charge is 0.244 e. The van der Waals surface area contributed by atoms with E-state index in [0.29, 0.717) is 11.5 Å². The summed E-state index contributed by atoms with van der Waals surface area (Å²) >= 11 is 0. The van der Waals surface area contributed by atoms with Gasteiger partial charge in [-0.1, -0.05) is 70.0 Å². The maximum atomic E-state index is 11.5. The van der Waals surface area contributed by atoms with Crippen LogP contribution >= 0.6 is 0 Å². The van der Waals surface area contributed by atoms with E-state index < -0.39 is 0 Å². The summed E-state index contributed by atoms with van der Waals surface area (Å²) in [5.41, 5.74) is 7.35. The molecule has 0 fully saturated rings. The number of nitrogens with two attached hydrogens (primary N) is 1. The molecule has 0 aromatic heterocycles. The monoisotopic (exact) mass is 273 g/mol. The van der Waals surface area contributed by atoms with Crippen molar-refractivity contribution in [2.45, 2.75) is 51.9 Å². The van der Waals surface area contributed by atoms with Crippen LogP contribution in [0.2, 0.25) is 0 Å². The van der Waals surface area contributed by atoms with Gasteiger partial charge in [-0.05, 0) is 30.2 Å². The van der Waals surface area contributed by atoms with Gasteiger partial charge in [0.2, 0.25) is 5.91 Å². The van der Waals surface area contributed by atoms with E-state index in [4.69, 9.17) is 5.73 Å². The Morgan fingerprint density at radius 3 is 2.30 bits per heavy atom. The summed E-state index contributed by atoms with van der Waals surface area (Å²) < 4.78 is 0. The van der Waals surface area contributed by atoms with Gasteiger partial charge in [0, 0.05) is 5.57 Å². The number of amides is 1. The average molecular weight is 273 g/mol. The SMILES string of the molecule is C=C(C(N)=O)C(CCC)C(CCCC)c1ccccc1. The van der Waals surface area contributed by atoms with E-state index in [0.717, 1.165) is 32.1 Å². The molecule has 0 aliphatic heterocycles. The minimum Gasteiger partial charge on any atom is -0.366 e. The lowest BCUT2D eigenvalue weighted by molar-refractivity contribution is -0.115. The lowest BCUT2D eigenvalue weighted by Crippen LogP contribution is -2.24. The second-order valence-corrected chi connectivity index (χ2v) is 5.44. The van der Waals surface area contributed by atoms with Crippen LogP contribution in [0.15, 0.2) is 42.5 Å². The molecule has 1 aromatic rings. The first-order chi connectivity index (χ1) is 9.61. The highest BCUT2D eigenvalue weighted by atomic mass is 16.1. The summed E-state index contributed by atoms with van der Waals surface area (Å²) in [4.78, 5) is 11.5. The second-order valence-electron chi connectivity index (χ2n) is 5.44. The zero-order valence-corrected chi connectivity index (χ0v) is 12.8. The molecule has 2 heteroatoms. The summed E-state index contributed by atoms with van der Waals surface area (Å²) in [6, 6.07) is 10.4. The summed E-state index contributed by atoms with van der Waals surface area (Å²) in [6.07, 6.45) is 5.39. The van der Waals surface area contributed by atoms with E-state index in [1.54, 1.807) is 0 Å². The van der Waals surface area contributed by atoms with E-state index >= 15 is 0 Å². The molecule has 0 heterocycles. The highest BCUT2D eigenvalue weighted by Gasteiger charge is 2.26. The first-order valence-electron chi connectivity index (χ1n) is 7.65. The number of benzene rings is 1. The Labute approximate surface area is 123 Å². The van der Waals surface area contributed by atoms with Gasteiger partial charge in [-0.2, -0.15) is 0 Å². The van der Waals surface area contributed by atoms with Crippen molar-refractivity contribution in [2.75, 3.05) is 0 Å². The molecule has 0 saturated carbocycles. The molecule has 2 atom stereocenters. The van der Waals surface area contributed by atoms with Crippen molar-refractivity contribution in [3.8, 4) is 0 Å². The quantitative estimate of drug-likeness (QED) is 0.665. The lowest BCUT2D eigenvalue weighted by Gasteiger charge is -2.28. The molecule has 0 radical (unpaired) electrons. The predicted molar refractivity (Wildman–Crippen MR) is 85.4 cm³/mol. The van der Waals surface area contributed by atoms with E-state index in [1.807, 2.05) is 6.07 Å². The van der Waals surface area contributed by atoms with Crippen LogP contribution < -0.4 is 5.73 Å². The van der Waals surface area contributed by atoms with Gasteiger partial charge in [0.1, 0.15) is 0 Å². The maximum Gasteiger partial charge on any atom is 0.244 e. The molecule has 2 nitrogen and oxygen atoms in total. The van der Waals surface area contributed by atoms with E-state index in [2.05, 4.69) is 44.7 Å². The summed E-state index contributed by atoms with van der Waals surface area (Å²) in [5.74, 6) is 0.142. The largest absolute Gasteiger partial charge is 0.366 e. The average Bonchev–Trinajstić information content (AvgIpc) is 2.46. The van der Waals surface area contributed by atoms with E-state index in [9.17, 15) is 4.79 Å². The second kappa shape index (κ2) is 8.57. The third kappa shape index (κ3) is 4.52. The molecule has 20 heavy (non-hydrogen) atoms. The van der Waals surface area contributed by atoms with Crippen molar-refractivity contribution in [3.05, 3.63) is 48.0 Å². The molecule has 110 valence electrons. The highest BCUT2D eigenvalue weighted by Crippen LogP contribution is 2.36. The van der Waals surface area contributed by atoms with Gasteiger partial charge in [0.15, 0.2) is 0 Å². The summed E-state index contributed by atoms with van der Waals surface area (Å²) in [7, 11) is 0. The molecular weight excluding hydrogens is 246 g/mol. The number of hydrogen-bond donors (Lipinski definition) is 1. The fourth-order valence-electron chi connectivity index (χ4n) is 2.84. The van der Waals surface area contributed by atoms with Crippen molar-refractivity contribution in [3.63, 3.8) is 0 Å². The fraction of sp³-hybridized carbons (Fsp3) is 0.500. The Balaban J connectivity index is 3.04. The molecule has 1 aromatic carbocycles. The lowest BCUT2D eigenvalue weighted by atomic mass is 9.76. The molecular formula is C18H27NO. The Kier molecular flexibility index (Phi) is 7.06. The third-order valence-electron chi connectivity index (χ3n) is 3.95. The molecule has 0 aliphatic carbocycles. The van der Waals surface area contributed by atoms with Crippen molar-refractivity contribution in [2.24, 2.45) is 11.7 Å². The molecule has 1 amide bonds. The molecule has 0 aliphatic rings. The summed E-state index contributed by atoms with van der Waals surface area (Å²) in [6.45, 7) is 8.29. The fourth-order valence-corrected chi connectivity index (χ4v) is 2.84. The number of unbranched alkanes of at least 4 members (excludes halogenated alkanes) is 1. The van der Waals surface area contributed by atoms with Gasteiger partial charge in [-0.25, -0.2) is 0 Å². The van der Waals surface area contributed by atoms with Gasteiger partial charge >= 0.3 is 0 Å². The van der Waals surface area contributed by atoms with Crippen molar-refractivity contribution >= 4 is 5.91 Å². The van der Waals surface area contributed by atoms with Gasteiger partial charge in [0.05, 0.1) is 0 Å². The van der Waals surface area contributed by atoms with Gasteiger partial charge < -0.3 is 5.73 Å².